The lowest BCUT2D eigenvalue weighted by atomic mass is 9.89. The molecule has 0 spiro atoms. The van der Waals surface area contributed by atoms with Crippen molar-refractivity contribution >= 4 is 30.1 Å². The summed E-state index contributed by atoms with van der Waals surface area (Å²) < 4.78 is 0.225. The Morgan fingerprint density at radius 1 is 1.24 bits per heavy atom. The average molecular weight is 335 g/mol. The lowest BCUT2D eigenvalue weighted by molar-refractivity contribution is -0.122. The molecule has 2 N–H and O–H groups in total. The number of halogens is 1. The molecule has 2 aliphatic heterocycles. The van der Waals surface area contributed by atoms with Gasteiger partial charge in [0, 0.05) is 29.8 Å². The highest BCUT2D eigenvalue weighted by Crippen LogP contribution is 2.33. The molecular weight excluding hydrogens is 304 g/mol. The zero-order chi connectivity index (χ0) is 14.6. The Hall–Kier alpha value is 0.0700. The maximum atomic E-state index is 12.2. The molecule has 2 atom stereocenters. The van der Waals surface area contributed by atoms with E-state index in [4.69, 9.17) is 0 Å². The first-order valence-corrected chi connectivity index (χ1v) is 9.41. The maximum Gasteiger partial charge on any atom is 0.220 e. The first-order chi connectivity index (χ1) is 9.60. The van der Waals surface area contributed by atoms with Crippen LogP contribution in [0.25, 0.3) is 0 Å². The van der Waals surface area contributed by atoms with Gasteiger partial charge in [-0.2, -0.15) is 11.8 Å². The van der Waals surface area contributed by atoms with Crippen LogP contribution in [-0.2, 0) is 4.79 Å². The zero-order valence-electron chi connectivity index (χ0n) is 13.6. The Bertz CT molecular complexity index is 316. The maximum absolute atomic E-state index is 12.2. The molecule has 0 radical (unpaired) electrons. The minimum atomic E-state index is 0. The van der Waals surface area contributed by atoms with Crippen LogP contribution in [0.4, 0.5) is 0 Å². The largest absolute Gasteiger partial charge is 0.355 e. The molecule has 0 saturated carbocycles. The van der Waals surface area contributed by atoms with E-state index < -0.39 is 0 Å². The predicted molar refractivity (Wildman–Crippen MR) is 94.4 cm³/mol. The molecule has 2 heterocycles. The Balaban J connectivity index is 0.00000220. The van der Waals surface area contributed by atoms with Crippen LogP contribution in [0.2, 0.25) is 0 Å². The van der Waals surface area contributed by atoms with Gasteiger partial charge in [-0.25, -0.2) is 0 Å². The summed E-state index contributed by atoms with van der Waals surface area (Å²) in [6.07, 6.45) is 10.1. The predicted octanol–water partition coefficient (Wildman–Crippen LogP) is 3.37. The van der Waals surface area contributed by atoms with Crippen LogP contribution in [0.5, 0.6) is 0 Å². The molecule has 3 nitrogen and oxygen atoms in total. The van der Waals surface area contributed by atoms with Gasteiger partial charge in [-0.1, -0.05) is 13.8 Å². The second-order valence-corrected chi connectivity index (χ2v) is 7.82. The van der Waals surface area contributed by atoms with Crippen molar-refractivity contribution in [3.05, 3.63) is 0 Å². The van der Waals surface area contributed by atoms with Gasteiger partial charge in [-0.15, -0.1) is 12.4 Å². The van der Waals surface area contributed by atoms with Crippen LogP contribution in [0.3, 0.4) is 0 Å². The van der Waals surface area contributed by atoms with Crippen LogP contribution in [0.15, 0.2) is 0 Å². The topological polar surface area (TPSA) is 41.1 Å². The number of carbonyl (C=O) groups is 1. The summed E-state index contributed by atoms with van der Waals surface area (Å²) in [6, 6.07) is 1.37. The van der Waals surface area contributed by atoms with Gasteiger partial charge in [-0.05, 0) is 50.7 Å². The van der Waals surface area contributed by atoms with Crippen molar-refractivity contribution in [1.29, 1.82) is 0 Å². The Morgan fingerprint density at radius 2 is 1.81 bits per heavy atom. The van der Waals surface area contributed by atoms with Crippen LogP contribution in [0.1, 0.15) is 58.8 Å². The fourth-order valence-electron chi connectivity index (χ4n) is 3.80. The molecular formula is C16H31ClN2OS. The van der Waals surface area contributed by atoms with E-state index in [2.05, 4.69) is 30.7 Å². The minimum absolute atomic E-state index is 0. The van der Waals surface area contributed by atoms with E-state index in [-0.39, 0.29) is 23.1 Å². The Labute approximate surface area is 140 Å². The van der Waals surface area contributed by atoms with Gasteiger partial charge in [0.1, 0.15) is 0 Å². The summed E-state index contributed by atoms with van der Waals surface area (Å²) in [5, 5.41) is 6.84. The van der Waals surface area contributed by atoms with Gasteiger partial charge in [0.05, 0.1) is 0 Å². The fourth-order valence-corrected chi connectivity index (χ4v) is 4.59. The molecule has 0 aromatic carbocycles. The number of rotatable bonds is 7. The van der Waals surface area contributed by atoms with E-state index in [9.17, 15) is 4.79 Å². The minimum Gasteiger partial charge on any atom is -0.355 e. The number of hydrogen-bond donors (Lipinski definition) is 2. The number of fused-ring (bicyclic) bond motifs is 2. The van der Waals surface area contributed by atoms with E-state index in [0.29, 0.717) is 18.0 Å². The molecule has 2 bridgehead atoms. The van der Waals surface area contributed by atoms with Crippen molar-refractivity contribution in [3.8, 4) is 0 Å². The Kier molecular flexibility index (Phi) is 7.86. The average Bonchev–Trinajstić information content (AvgIpc) is 2.80. The van der Waals surface area contributed by atoms with E-state index >= 15 is 0 Å². The van der Waals surface area contributed by atoms with Gasteiger partial charge >= 0.3 is 0 Å². The third-order valence-corrected chi connectivity index (χ3v) is 6.96. The van der Waals surface area contributed by atoms with Crippen LogP contribution in [0, 0.1) is 5.92 Å². The lowest BCUT2D eigenvalue weighted by Gasteiger charge is -2.31. The van der Waals surface area contributed by atoms with E-state index in [1.807, 2.05) is 11.8 Å². The summed E-state index contributed by atoms with van der Waals surface area (Å²) in [4.78, 5) is 12.2. The first kappa shape index (κ1) is 19.1. The monoisotopic (exact) mass is 334 g/mol. The summed E-state index contributed by atoms with van der Waals surface area (Å²) in [6.45, 7) is 5.26. The third kappa shape index (κ3) is 5.04. The van der Waals surface area contributed by atoms with Crippen LogP contribution < -0.4 is 10.6 Å². The Morgan fingerprint density at radius 3 is 2.29 bits per heavy atom. The van der Waals surface area contributed by atoms with E-state index in [0.717, 1.165) is 25.8 Å². The van der Waals surface area contributed by atoms with E-state index in [1.165, 1.54) is 25.7 Å². The molecule has 2 unspecified atom stereocenters. The summed E-state index contributed by atoms with van der Waals surface area (Å²) in [5.74, 6) is 0.859. The lowest BCUT2D eigenvalue weighted by Crippen LogP contribution is -2.42. The highest BCUT2D eigenvalue weighted by atomic mass is 35.5. The highest BCUT2D eigenvalue weighted by molar-refractivity contribution is 8.00. The molecule has 2 fully saturated rings. The van der Waals surface area contributed by atoms with Gasteiger partial charge in [0.2, 0.25) is 5.91 Å². The standard InChI is InChI=1S/C16H30N2OS.ClH/c1-4-16(5-2,20-3)11-17-15(19)10-12-8-13-6-7-14(9-12)18-13;/h12-14,18H,4-11H2,1-3H3,(H,17,19);1H. The molecule has 21 heavy (non-hydrogen) atoms. The molecule has 0 aromatic rings. The number of amides is 1. The zero-order valence-corrected chi connectivity index (χ0v) is 15.2. The van der Waals surface area contributed by atoms with Gasteiger partial charge in [-0.3, -0.25) is 4.79 Å². The summed E-state index contributed by atoms with van der Waals surface area (Å²) in [7, 11) is 0. The third-order valence-electron chi connectivity index (χ3n) is 5.37. The number of hydrogen-bond acceptors (Lipinski definition) is 3. The number of nitrogens with one attached hydrogen (secondary N) is 2. The highest BCUT2D eigenvalue weighted by Gasteiger charge is 2.34. The van der Waals surface area contributed by atoms with E-state index in [1.54, 1.807) is 0 Å². The summed E-state index contributed by atoms with van der Waals surface area (Å²) >= 11 is 1.89. The molecule has 2 saturated heterocycles. The van der Waals surface area contributed by atoms with Crippen molar-refractivity contribution in [1.82, 2.24) is 10.6 Å². The smallest absolute Gasteiger partial charge is 0.220 e. The van der Waals surface area contributed by atoms with Crippen LogP contribution >= 0.6 is 24.2 Å². The van der Waals surface area contributed by atoms with Crippen molar-refractivity contribution in [3.63, 3.8) is 0 Å². The number of carbonyl (C=O) groups excluding carboxylic acids is 1. The van der Waals surface area contributed by atoms with Gasteiger partial charge in [0.15, 0.2) is 0 Å². The molecule has 124 valence electrons. The molecule has 2 rings (SSSR count). The normalized spacial score (nSPS) is 28.0. The quantitative estimate of drug-likeness (QED) is 0.750. The second kappa shape index (κ2) is 8.64. The molecule has 5 heteroatoms. The molecule has 0 aromatic heterocycles. The second-order valence-electron chi connectivity index (χ2n) is 6.55. The first-order valence-electron chi connectivity index (χ1n) is 8.18. The van der Waals surface area contributed by atoms with Crippen molar-refractivity contribution in [2.45, 2.75) is 75.6 Å². The van der Waals surface area contributed by atoms with Crippen molar-refractivity contribution < 1.29 is 4.79 Å². The number of thioether (sulfide) groups is 1. The van der Waals surface area contributed by atoms with Crippen molar-refractivity contribution in [2.24, 2.45) is 5.92 Å². The van der Waals surface area contributed by atoms with Gasteiger partial charge < -0.3 is 10.6 Å². The fraction of sp³-hybridized carbons (Fsp3) is 0.938. The van der Waals surface area contributed by atoms with Crippen molar-refractivity contribution in [2.75, 3.05) is 12.8 Å². The number of piperidine rings is 1. The SMILES string of the molecule is CCC(CC)(CNC(=O)CC1CC2CCC(C1)N2)SC.Cl. The summed E-state index contributed by atoms with van der Waals surface area (Å²) in [5.41, 5.74) is 0. The molecule has 0 aliphatic carbocycles. The molecule has 1 amide bonds. The van der Waals surface area contributed by atoms with Crippen LogP contribution in [-0.4, -0.2) is 35.5 Å². The van der Waals surface area contributed by atoms with Gasteiger partial charge in [0.25, 0.3) is 0 Å². The molecule has 2 aliphatic rings.